The lowest BCUT2D eigenvalue weighted by Crippen LogP contribution is -2.25. The van der Waals surface area contributed by atoms with Crippen LogP contribution in [0.25, 0.3) is 0 Å². The Hall–Kier alpha value is -1.70. The maximum absolute atomic E-state index is 12.5. The highest BCUT2D eigenvalue weighted by molar-refractivity contribution is 7.89. The maximum atomic E-state index is 12.5. The molecule has 6 nitrogen and oxygen atoms in total. The highest BCUT2D eigenvalue weighted by atomic mass is 32.2. The van der Waals surface area contributed by atoms with E-state index in [1.54, 1.807) is 29.9 Å². The lowest BCUT2D eigenvalue weighted by atomic mass is 10.2. The van der Waals surface area contributed by atoms with Gasteiger partial charge in [0.15, 0.2) is 0 Å². The molecule has 0 amide bonds. The Morgan fingerprint density at radius 3 is 2.52 bits per heavy atom. The highest BCUT2D eigenvalue weighted by Gasteiger charge is 2.18. The van der Waals surface area contributed by atoms with Gasteiger partial charge in [0, 0.05) is 31.9 Å². The molecule has 0 fully saturated rings. The van der Waals surface area contributed by atoms with Gasteiger partial charge in [0.25, 0.3) is 0 Å². The molecule has 0 aliphatic carbocycles. The smallest absolute Gasteiger partial charge is 0.241 e. The molecule has 0 aliphatic rings. The summed E-state index contributed by atoms with van der Waals surface area (Å²) < 4.78 is 29.2. The number of aryl methyl sites for hydroxylation is 2. The van der Waals surface area contributed by atoms with Crippen molar-refractivity contribution in [3.63, 3.8) is 0 Å². The van der Waals surface area contributed by atoms with Gasteiger partial charge in [-0.25, -0.2) is 13.1 Å². The fraction of sp³-hybridized carbons (Fsp3) is 0.357. The lowest BCUT2D eigenvalue weighted by molar-refractivity contribution is 0.579. The molecular formula is C14H20N4O2S. The van der Waals surface area contributed by atoms with Crippen molar-refractivity contribution >= 4 is 10.0 Å². The van der Waals surface area contributed by atoms with Crippen LogP contribution in [0.4, 0.5) is 0 Å². The molecular weight excluding hydrogens is 288 g/mol. The van der Waals surface area contributed by atoms with Crippen LogP contribution in [-0.4, -0.2) is 25.2 Å². The molecule has 0 bridgehead atoms. The summed E-state index contributed by atoms with van der Waals surface area (Å²) in [4.78, 5) is 0.306. The second-order valence-electron chi connectivity index (χ2n) is 4.88. The van der Waals surface area contributed by atoms with Gasteiger partial charge >= 0.3 is 0 Å². The van der Waals surface area contributed by atoms with Gasteiger partial charge in [-0.1, -0.05) is 18.2 Å². The first-order valence-electron chi connectivity index (χ1n) is 6.65. The van der Waals surface area contributed by atoms with Crippen molar-refractivity contribution in [2.75, 3.05) is 7.05 Å². The van der Waals surface area contributed by atoms with Crippen LogP contribution in [0.1, 0.15) is 16.8 Å². The molecule has 0 saturated carbocycles. The summed E-state index contributed by atoms with van der Waals surface area (Å²) in [6.45, 7) is 2.59. The van der Waals surface area contributed by atoms with E-state index >= 15 is 0 Å². The van der Waals surface area contributed by atoms with Crippen molar-refractivity contribution < 1.29 is 8.42 Å². The minimum Gasteiger partial charge on any atom is -0.316 e. The van der Waals surface area contributed by atoms with E-state index in [2.05, 4.69) is 15.1 Å². The Bertz CT molecular complexity index is 722. The molecule has 2 aromatic rings. The van der Waals surface area contributed by atoms with Crippen molar-refractivity contribution in [2.24, 2.45) is 7.05 Å². The first-order chi connectivity index (χ1) is 9.94. The number of nitrogens with one attached hydrogen (secondary N) is 2. The third-order valence-electron chi connectivity index (χ3n) is 3.20. The van der Waals surface area contributed by atoms with E-state index in [0.717, 1.165) is 16.8 Å². The zero-order valence-electron chi connectivity index (χ0n) is 12.4. The molecule has 2 N–H and O–H groups in total. The summed E-state index contributed by atoms with van der Waals surface area (Å²) in [6.07, 6.45) is 1.82. The van der Waals surface area contributed by atoms with E-state index in [-0.39, 0.29) is 6.54 Å². The minimum atomic E-state index is -3.55. The average Bonchev–Trinajstić information content (AvgIpc) is 2.76. The fourth-order valence-electron chi connectivity index (χ4n) is 2.18. The van der Waals surface area contributed by atoms with E-state index in [9.17, 15) is 8.42 Å². The van der Waals surface area contributed by atoms with E-state index < -0.39 is 10.0 Å². The van der Waals surface area contributed by atoms with E-state index in [1.807, 2.05) is 26.2 Å². The molecule has 1 aromatic heterocycles. The van der Waals surface area contributed by atoms with Crippen LogP contribution in [0.15, 0.2) is 35.4 Å². The number of benzene rings is 1. The van der Waals surface area contributed by atoms with Gasteiger partial charge in [-0.3, -0.25) is 4.68 Å². The predicted octanol–water partition coefficient (Wildman–Crippen LogP) is 0.926. The quantitative estimate of drug-likeness (QED) is 0.832. The van der Waals surface area contributed by atoms with E-state index in [1.165, 1.54) is 0 Å². The molecule has 1 heterocycles. The summed E-state index contributed by atoms with van der Waals surface area (Å²) >= 11 is 0. The molecule has 7 heteroatoms. The first-order valence-corrected chi connectivity index (χ1v) is 8.13. The van der Waals surface area contributed by atoms with Crippen LogP contribution in [0.3, 0.4) is 0 Å². The second kappa shape index (κ2) is 6.38. The van der Waals surface area contributed by atoms with E-state index in [4.69, 9.17) is 0 Å². The first kappa shape index (κ1) is 15.7. The number of hydrogen-bond acceptors (Lipinski definition) is 4. The summed E-state index contributed by atoms with van der Waals surface area (Å²) in [5.74, 6) is 0. The lowest BCUT2D eigenvalue weighted by Gasteiger charge is -2.11. The third-order valence-corrected chi connectivity index (χ3v) is 4.70. The highest BCUT2D eigenvalue weighted by Crippen LogP contribution is 2.16. The molecule has 0 radical (unpaired) electrons. The zero-order chi connectivity index (χ0) is 15.5. The standard InChI is InChI=1S/C14H20N4O2S/c1-11-13(10-18(3)17-11)9-16-21(19,20)14-7-5-4-6-12(14)8-15-2/h4-7,10,15-16H,8-9H2,1-3H3. The van der Waals surface area contributed by atoms with Gasteiger partial charge in [0.2, 0.25) is 10.0 Å². The number of hydrogen-bond donors (Lipinski definition) is 2. The predicted molar refractivity (Wildman–Crippen MR) is 81.2 cm³/mol. The Labute approximate surface area is 125 Å². The van der Waals surface area contributed by atoms with Gasteiger partial charge in [-0.05, 0) is 25.6 Å². The molecule has 0 atom stereocenters. The van der Waals surface area contributed by atoms with E-state index in [0.29, 0.717) is 11.4 Å². The Balaban J connectivity index is 2.21. The largest absolute Gasteiger partial charge is 0.316 e. The number of sulfonamides is 1. The summed E-state index contributed by atoms with van der Waals surface area (Å²) in [7, 11) is 0.0544. The second-order valence-corrected chi connectivity index (χ2v) is 6.61. The molecule has 0 saturated heterocycles. The van der Waals surface area contributed by atoms with Gasteiger partial charge in [0.1, 0.15) is 0 Å². The molecule has 0 aliphatic heterocycles. The topological polar surface area (TPSA) is 76.0 Å². The van der Waals surface area contributed by atoms with Crippen LogP contribution in [0, 0.1) is 6.92 Å². The van der Waals surface area contributed by atoms with Crippen LogP contribution in [-0.2, 0) is 30.2 Å². The minimum absolute atomic E-state index is 0.232. The van der Waals surface area contributed by atoms with Crippen molar-refractivity contribution in [1.82, 2.24) is 19.8 Å². The molecule has 114 valence electrons. The Morgan fingerprint density at radius 1 is 1.19 bits per heavy atom. The van der Waals surface area contributed by atoms with Crippen molar-refractivity contribution in [3.05, 3.63) is 47.3 Å². The zero-order valence-corrected chi connectivity index (χ0v) is 13.2. The van der Waals surface area contributed by atoms with Gasteiger partial charge in [0.05, 0.1) is 10.6 Å². The molecule has 1 aromatic carbocycles. The van der Waals surface area contributed by atoms with Crippen molar-refractivity contribution in [1.29, 1.82) is 0 Å². The molecule has 0 spiro atoms. The van der Waals surface area contributed by atoms with Crippen LogP contribution in [0.5, 0.6) is 0 Å². The summed E-state index contributed by atoms with van der Waals surface area (Å²) in [5.41, 5.74) is 2.44. The monoisotopic (exact) mass is 308 g/mol. The SMILES string of the molecule is CNCc1ccccc1S(=O)(=O)NCc1cn(C)nc1C. The maximum Gasteiger partial charge on any atom is 0.241 e. The van der Waals surface area contributed by atoms with Crippen LogP contribution in [0.2, 0.25) is 0 Å². The van der Waals surface area contributed by atoms with Crippen LogP contribution < -0.4 is 10.0 Å². The molecule has 2 rings (SSSR count). The fourth-order valence-corrected chi connectivity index (χ4v) is 3.42. The molecule has 21 heavy (non-hydrogen) atoms. The van der Waals surface area contributed by atoms with Crippen molar-refractivity contribution in [3.8, 4) is 0 Å². The van der Waals surface area contributed by atoms with Gasteiger partial charge in [-0.15, -0.1) is 0 Å². The number of aromatic nitrogens is 2. The van der Waals surface area contributed by atoms with Crippen LogP contribution >= 0.6 is 0 Å². The molecule has 0 unspecified atom stereocenters. The number of rotatable bonds is 6. The normalized spacial score (nSPS) is 11.8. The average molecular weight is 308 g/mol. The third kappa shape index (κ3) is 3.69. The van der Waals surface area contributed by atoms with Gasteiger partial charge in [-0.2, -0.15) is 5.10 Å². The summed E-state index contributed by atoms with van der Waals surface area (Å²) in [5, 5.41) is 7.18. The summed E-state index contributed by atoms with van der Waals surface area (Å²) in [6, 6.07) is 6.98. The van der Waals surface area contributed by atoms with Crippen molar-refractivity contribution in [2.45, 2.75) is 24.9 Å². The Morgan fingerprint density at radius 2 is 1.90 bits per heavy atom. The number of nitrogens with zero attached hydrogens (tertiary/aromatic N) is 2. The Kier molecular flexibility index (Phi) is 4.76. The van der Waals surface area contributed by atoms with Gasteiger partial charge < -0.3 is 5.32 Å².